The first kappa shape index (κ1) is 15.6. The van der Waals surface area contributed by atoms with E-state index in [0.717, 1.165) is 16.5 Å². The number of amides is 1. The number of pyridine rings is 1. The van der Waals surface area contributed by atoms with Gasteiger partial charge in [0.25, 0.3) is 0 Å². The fourth-order valence-corrected chi connectivity index (χ4v) is 2.25. The van der Waals surface area contributed by atoms with Gasteiger partial charge in [0.2, 0.25) is 5.91 Å². The van der Waals surface area contributed by atoms with Gasteiger partial charge in [0.05, 0.1) is 11.7 Å². The van der Waals surface area contributed by atoms with Crippen molar-refractivity contribution in [2.24, 2.45) is 0 Å². The van der Waals surface area contributed by atoms with Crippen LogP contribution >= 0.6 is 0 Å². The molecule has 0 aliphatic heterocycles. The van der Waals surface area contributed by atoms with Crippen molar-refractivity contribution in [3.05, 3.63) is 66.8 Å². The molecule has 0 fully saturated rings. The second-order valence-electron chi connectivity index (χ2n) is 5.06. The molecule has 6 nitrogen and oxygen atoms in total. The number of para-hydroxylation sites is 1. The van der Waals surface area contributed by atoms with Gasteiger partial charge in [-0.2, -0.15) is 0 Å². The van der Waals surface area contributed by atoms with Crippen LogP contribution in [-0.2, 0) is 4.79 Å². The lowest BCUT2D eigenvalue weighted by molar-refractivity contribution is -0.116. The lowest BCUT2D eigenvalue weighted by Gasteiger charge is -2.05. The Labute approximate surface area is 139 Å². The van der Waals surface area contributed by atoms with Gasteiger partial charge in [-0.15, -0.1) is 0 Å². The van der Waals surface area contributed by atoms with Gasteiger partial charge in [0.1, 0.15) is 5.82 Å². The number of carbonyl (C=O) groups is 1. The average Bonchev–Trinajstić information content (AvgIpc) is 2.64. The van der Waals surface area contributed by atoms with Crippen LogP contribution in [0.2, 0.25) is 0 Å². The highest BCUT2D eigenvalue weighted by molar-refractivity contribution is 5.95. The van der Waals surface area contributed by atoms with Crippen molar-refractivity contribution < 1.29 is 4.79 Å². The molecule has 0 unspecified atom stereocenters. The topological polar surface area (TPSA) is 79.8 Å². The number of carbonyl (C=O) groups excluding carboxylic acids is 1. The molecule has 1 aromatic carbocycles. The smallest absolute Gasteiger partial charge is 0.244 e. The summed E-state index contributed by atoms with van der Waals surface area (Å²) in [5.41, 5.74) is 1.80. The third-order valence-corrected chi connectivity index (χ3v) is 3.37. The summed E-state index contributed by atoms with van der Waals surface area (Å²) < 4.78 is 0. The van der Waals surface area contributed by atoms with E-state index in [1.54, 1.807) is 30.9 Å². The van der Waals surface area contributed by atoms with Gasteiger partial charge in [0, 0.05) is 48.7 Å². The summed E-state index contributed by atoms with van der Waals surface area (Å²) in [6.07, 6.45) is 9.90. The van der Waals surface area contributed by atoms with E-state index in [-0.39, 0.29) is 5.91 Å². The van der Waals surface area contributed by atoms with Crippen molar-refractivity contribution in [2.75, 3.05) is 18.4 Å². The van der Waals surface area contributed by atoms with Gasteiger partial charge in [-0.1, -0.05) is 24.3 Å². The van der Waals surface area contributed by atoms with Crippen LogP contribution in [-0.4, -0.2) is 33.9 Å². The summed E-state index contributed by atoms with van der Waals surface area (Å²) in [7, 11) is 0. The SMILES string of the molecule is O=C(/C=C\c1cccc2cccnc12)NCCNc1cnccn1. The number of fused-ring (bicyclic) bond motifs is 1. The van der Waals surface area contributed by atoms with Gasteiger partial charge in [-0.25, -0.2) is 4.98 Å². The Bertz CT molecular complexity index is 843. The lowest BCUT2D eigenvalue weighted by atomic mass is 10.1. The fraction of sp³-hybridized carbons (Fsp3) is 0.111. The molecule has 120 valence electrons. The minimum absolute atomic E-state index is 0.149. The Balaban J connectivity index is 1.52. The minimum Gasteiger partial charge on any atom is -0.367 e. The van der Waals surface area contributed by atoms with E-state index >= 15 is 0 Å². The van der Waals surface area contributed by atoms with Crippen LogP contribution in [0.4, 0.5) is 5.82 Å². The Morgan fingerprint density at radius 1 is 1.04 bits per heavy atom. The zero-order valence-corrected chi connectivity index (χ0v) is 13.0. The summed E-state index contributed by atoms with van der Waals surface area (Å²) >= 11 is 0. The number of hydrogen-bond acceptors (Lipinski definition) is 5. The van der Waals surface area contributed by atoms with E-state index in [9.17, 15) is 4.79 Å². The second kappa shape index (κ2) is 7.82. The highest BCUT2D eigenvalue weighted by Gasteiger charge is 2.00. The highest BCUT2D eigenvalue weighted by atomic mass is 16.1. The van der Waals surface area contributed by atoms with Crippen molar-refractivity contribution >= 4 is 28.7 Å². The van der Waals surface area contributed by atoms with E-state index in [0.29, 0.717) is 18.9 Å². The molecule has 0 radical (unpaired) electrons. The molecule has 2 heterocycles. The van der Waals surface area contributed by atoms with Crippen LogP contribution in [0.1, 0.15) is 5.56 Å². The van der Waals surface area contributed by atoms with E-state index in [1.807, 2.05) is 30.3 Å². The van der Waals surface area contributed by atoms with Crippen LogP contribution in [0.3, 0.4) is 0 Å². The molecule has 0 atom stereocenters. The van der Waals surface area contributed by atoms with Gasteiger partial charge < -0.3 is 10.6 Å². The fourth-order valence-electron chi connectivity index (χ4n) is 2.25. The molecule has 0 spiro atoms. The number of nitrogens with one attached hydrogen (secondary N) is 2. The van der Waals surface area contributed by atoms with E-state index in [1.165, 1.54) is 6.08 Å². The van der Waals surface area contributed by atoms with Gasteiger partial charge in [0.15, 0.2) is 0 Å². The molecule has 2 N–H and O–H groups in total. The van der Waals surface area contributed by atoms with Crippen LogP contribution in [0.15, 0.2) is 61.2 Å². The van der Waals surface area contributed by atoms with E-state index in [2.05, 4.69) is 25.6 Å². The maximum atomic E-state index is 11.9. The monoisotopic (exact) mass is 319 g/mol. The summed E-state index contributed by atoms with van der Waals surface area (Å²) in [6.45, 7) is 1.07. The Morgan fingerprint density at radius 3 is 2.83 bits per heavy atom. The molecule has 0 aliphatic rings. The number of rotatable bonds is 6. The molecule has 0 saturated carbocycles. The molecule has 0 saturated heterocycles. The summed E-state index contributed by atoms with van der Waals surface area (Å²) in [4.78, 5) is 24.3. The number of hydrogen-bond donors (Lipinski definition) is 2. The van der Waals surface area contributed by atoms with Crippen molar-refractivity contribution in [2.45, 2.75) is 0 Å². The largest absolute Gasteiger partial charge is 0.367 e. The average molecular weight is 319 g/mol. The van der Waals surface area contributed by atoms with Crippen molar-refractivity contribution in [1.29, 1.82) is 0 Å². The molecule has 3 rings (SSSR count). The third-order valence-electron chi connectivity index (χ3n) is 3.37. The van der Waals surface area contributed by atoms with E-state index < -0.39 is 0 Å². The predicted molar refractivity (Wildman–Crippen MR) is 94.3 cm³/mol. The zero-order valence-electron chi connectivity index (χ0n) is 13.0. The van der Waals surface area contributed by atoms with Crippen LogP contribution in [0.5, 0.6) is 0 Å². The first-order valence-electron chi connectivity index (χ1n) is 7.62. The maximum absolute atomic E-state index is 11.9. The van der Waals surface area contributed by atoms with Gasteiger partial charge in [-0.05, 0) is 12.1 Å². The van der Waals surface area contributed by atoms with Crippen LogP contribution < -0.4 is 10.6 Å². The number of anilines is 1. The Kier molecular flexibility index (Phi) is 5.09. The quantitative estimate of drug-likeness (QED) is 0.538. The first-order valence-corrected chi connectivity index (χ1v) is 7.62. The van der Waals surface area contributed by atoms with Gasteiger partial charge >= 0.3 is 0 Å². The standard InChI is InChI=1S/C18H17N5O/c24-17(22-12-11-21-16-13-19-9-10-20-16)7-6-15-4-1-3-14-5-2-8-23-18(14)15/h1-10,13H,11-12H2,(H,20,21)(H,22,24)/b7-6-. The van der Waals surface area contributed by atoms with Crippen molar-refractivity contribution in [1.82, 2.24) is 20.3 Å². The Hall–Kier alpha value is -3.28. The number of benzene rings is 1. The summed E-state index contributed by atoms with van der Waals surface area (Å²) in [5.74, 6) is 0.535. The number of nitrogens with zero attached hydrogens (tertiary/aromatic N) is 3. The lowest BCUT2D eigenvalue weighted by Crippen LogP contribution is -2.27. The van der Waals surface area contributed by atoms with E-state index in [4.69, 9.17) is 0 Å². The molecular weight excluding hydrogens is 302 g/mol. The van der Waals surface area contributed by atoms with Gasteiger partial charge in [-0.3, -0.25) is 14.8 Å². The van der Waals surface area contributed by atoms with Crippen molar-refractivity contribution in [3.63, 3.8) is 0 Å². The molecule has 2 aromatic heterocycles. The molecule has 0 aliphatic carbocycles. The third kappa shape index (κ3) is 4.13. The molecule has 1 amide bonds. The molecule has 3 aromatic rings. The van der Waals surface area contributed by atoms with Crippen LogP contribution in [0, 0.1) is 0 Å². The maximum Gasteiger partial charge on any atom is 0.244 e. The second-order valence-corrected chi connectivity index (χ2v) is 5.06. The molecule has 24 heavy (non-hydrogen) atoms. The molecule has 0 bridgehead atoms. The first-order chi connectivity index (χ1) is 11.8. The van der Waals surface area contributed by atoms with Crippen LogP contribution in [0.25, 0.3) is 17.0 Å². The predicted octanol–water partition coefficient (Wildman–Crippen LogP) is 2.27. The molecule has 6 heteroatoms. The summed E-state index contributed by atoms with van der Waals surface area (Å²) in [6, 6.07) is 9.78. The summed E-state index contributed by atoms with van der Waals surface area (Å²) in [5, 5.41) is 6.94. The normalized spacial score (nSPS) is 10.8. The molecular formula is C18H17N5O. The minimum atomic E-state index is -0.149. The highest BCUT2D eigenvalue weighted by Crippen LogP contribution is 2.16. The zero-order chi connectivity index (χ0) is 16.6. The Morgan fingerprint density at radius 2 is 1.96 bits per heavy atom. The van der Waals surface area contributed by atoms with Crippen molar-refractivity contribution in [3.8, 4) is 0 Å². The number of aromatic nitrogens is 3.